The van der Waals surface area contributed by atoms with Crippen LogP contribution in [-0.4, -0.2) is 26.4 Å². The Hall–Kier alpha value is -0.0800. The average molecular weight is 144 g/mol. The van der Waals surface area contributed by atoms with Crippen LogP contribution in [0.3, 0.4) is 0 Å². The number of ether oxygens (including phenoxy) is 2. The van der Waals surface area contributed by atoms with Gasteiger partial charge < -0.3 is 9.47 Å². The monoisotopic (exact) mass is 144 g/mol. The van der Waals surface area contributed by atoms with Crippen LogP contribution in [0.25, 0.3) is 0 Å². The zero-order valence-electron chi connectivity index (χ0n) is 6.80. The third-order valence-electron chi connectivity index (χ3n) is 2.09. The number of methoxy groups -OCH3 is 1. The number of hydrogen-bond acceptors (Lipinski definition) is 2. The molecule has 0 saturated carbocycles. The molecule has 0 spiro atoms. The van der Waals surface area contributed by atoms with E-state index in [2.05, 4.69) is 6.92 Å². The van der Waals surface area contributed by atoms with Crippen molar-refractivity contribution >= 4 is 0 Å². The van der Waals surface area contributed by atoms with Crippen LogP contribution >= 0.6 is 0 Å². The molecule has 1 fully saturated rings. The summed E-state index contributed by atoms with van der Waals surface area (Å²) in [5, 5.41) is 0. The van der Waals surface area contributed by atoms with Crippen molar-refractivity contribution in [2.75, 3.05) is 20.3 Å². The zero-order chi connectivity index (χ0) is 7.40. The Morgan fingerprint density at radius 1 is 1.60 bits per heavy atom. The molecule has 0 radical (unpaired) electrons. The zero-order valence-corrected chi connectivity index (χ0v) is 6.80. The van der Waals surface area contributed by atoms with Gasteiger partial charge in [0.1, 0.15) is 0 Å². The van der Waals surface area contributed by atoms with E-state index in [1.54, 1.807) is 7.11 Å². The summed E-state index contributed by atoms with van der Waals surface area (Å²) >= 11 is 0. The topological polar surface area (TPSA) is 18.5 Å². The highest BCUT2D eigenvalue weighted by molar-refractivity contribution is 4.71. The number of rotatable bonds is 3. The molecule has 2 nitrogen and oxygen atoms in total. The minimum atomic E-state index is 0.370. The van der Waals surface area contributed by atoms with E-state index >= 15 is 0 Å². The maximum atomic E-state index is 5.47. The van der Waals surface area contributed by atoms with E-state index in [1.165, 1.54) is 12.8 Å². The van der Waals surface area contributed by atoms with Crippen LogP contribution in [0.15, 0.2) is 0 Å². The first-order valence-electron chi connectivity index (χ1n) is 3.97. The lowest BCUT2D eigenvalue weighted by Gasteiger charge is -2.05. The van der Waals surface area contributed by atoms with Gasteiger partial charge in [-0.2, -0.15) is 0 Å². The van der Waals surface area contributed by atoms with E-state index in [1.807, 2.05) is 0 Å². The predicted molar refractivity (Wildman–Crippen MR) is 40.0 cm³/mol. The molecule has 1 heterocycles. The first-order chi connectivity index (χ1) is 4.86. The molecule has 60 valence electrons. The summed E-state index contributed by atoms with van der Waals surface area (Å²) in [6, 6.07) is 0. The summed E-state index contributed by atoms with van der Waals surface area (Å²) in [5.74, 6) is 0.778. The Morgan fingerprint density at radius 3 is 2.90 bits per heavy atom. The molecule has 1 saturated heterocycles. The lowest BCUT2D eigenvalue weighted by Crippen LogP contribution is -2.12. The van der Waals surface area contributed by atoms with Crippen LogP contribution in [0.2, 0.25) is 0 Å². The van der Waals surface area contributed by atoms with Crippen molar-refractivity contribution in [3.8, 4) is 0 Å². The molecule has 1 aliphatic heterocycles. The molecule has 0 aromatic heterocycles. The lowest BCUT2D eigenvalue weighted by atomic mass is 10.0. The molecule has 2 heteroatoms. The van der Waals surface area contributed by atoms with Crippen molar-refractivity contribution in [3.63, 3.8) is 0 Å². The summed E-state index contributed by atoms with van der Waals surface area (Å²) in [5.41, 5.74) is 0. The largest absolute Gasteiger partial charge is 0.382 e. The molecule has 0 aromatic carbocycles. The highest BCUT2D eigenvalue weighted by Gasteiger charge is 2.23. The molecule has 10 heavy (non-hydrogen) atoms. The van der Waals surface area contributed by atoms with Gasteiger partial charge in [0.2, 0.25) is 0 Å². The Balaban J connectivity index is 2.15. The van der Waals surface area contributed by atoms with E-state index in [9.17, 15) is 0 Å². The molecule has 0 unspecified atom stereocenters. The minimum Gasteiger partial charge on any atom is -0.382 e. The molecule has 0 aromatic rings. The highest BCUT2D eigenvalue weighted by Crippen LogP contribution is 2.21. The first-order valence-corrected chi connectivity index (χ1v) is 3.97. The maximum Gasteiger partial charge on any atom is 0.0811 e. The standard InChI is InChI=1S/C8H16O2/c1-3-7-4-8(6-9-2)10-5-7/h7-8H,3-6H2,1-2H3/t7-,8+/m1/s1. The van der Waals surface area contributed by atoms with Gasteiger partial charge >= 0.3 is 0 Å². The van der Waals surface area contributed by atoms with E-state index in [0.29, 0.717) is 6.10 Å². The normalized spacial score (nSPS) is 33.0. The SMILES string of the molecule is CC[C@H]1CO[C@H](COC)C1. The van der Waals surface area contributed by atoms with Gasteiger partial charge in [-0.05, 0) is 12.3 Å². The van der Waals surface area contributed by atoms with Crippen molar-refractivity contribution < 1.29 is 9.47 Å². The second-order valence-electron chi connectivity index (χ2n) is 2.92. The van der Waals surface area contributed by atoms with Gasteiger partial charge in [-0.1, -0.05) is 13.3 Å². The fourth-order valence-electron chi connectivity index (χ4n) is 1.37. The van der Waals surface area contributed by atoms with Crippen LogP contribution < -0.4 is 0 Å². The first kappa shape index (κ1) is 8.02. The van der Waals surface area contributed by atoms with Gasteiger partial charge in [-0.3, -0.25) is 0 Å². The molecular weight excluding hydrogens is 128 g/mol. The molecule has 0 N–H and O–H groups in total. The summed E-state index contributed by atoms with van der Waals surface area (Å²) in [7, 11) is 1.72. The lowest BCUT2D eigenvalue weighted by molar-refractivity contribution is 0.0368. The van der Waals surface area contributed by atoms with Crippen LogP contribution in [-0.2, 0) is 9.47 Å². The fourth-order valence-corrected chi connectivity index (χ4v) is 1.37. The molecule has 0 amide bonds. The third-order valence-corrected chi connectivity index (χ3v) is 2.09. The van der Waals surface area contributed by atoms with E-state index in [0.717, 1.165) is 19.1 Å². The van der Waals surface area contributed by atoms with Crippen molar-refractivity contribution in [1.82, 2.24) is 0 Å². The summed E-state index contributed by atoms with van der Waals surface area (Å²) in [4.78, 5) is 0. The van der Waals surface area contributed by atoms with E-state index < -0.39 is 0 Å². The molecule has 1 rings (SSSR count). The van der Waals surface area contributed by atoms with Gasteiger partial charge in [-0.25, -0.2) is 0 Å². The van der Waals surface area contributed by atoms with Gasteiger partial charge in [0.05, 0.1) is 12.7 Å². The predicted octanol–water partition coefficient (Wildman–Crippen LogP) is 1.45. The summed E-state index contributed by atoms with van der Waals surface area (Å²) in [6.45, 7) is 3.91. The third kappa shape index (κ3) is 1.96. The smallest absolute Gasteiger partial charge is 0.0811 e. The minimum absolute atomic E-state index is 0.370. The quantitative estimate of drug-likeness (QED) is 0.597. The van der Waals surface area contributed by atoms with Gasteiger partial charge in [-0.15, -0.1) is 0 Å². The highest BCUT2D eigenvalue weighted by atomic mass is 16.5. The second-order valence-corrected chi connectivity index (χ2v) is 2.92. The van der Waals surface area contributed by atoms with E-state index in [-0.39, 0.29) is 0 Å². The van der Waals surface area contributed by atoms with Gasteiger partial charge in [0.25, 0.3) is 0 Å². The van der Waals surface area contributed by atoms with Crippen molar-refractivity contribution in [2.45, 2.75) is 25.9 Å². The average Bonchev–Trinajstić information content (AvgIpc) is 2.37. The van der Waals surface area contributed by atoms with Crippen LogP contribution in [0, 0.1) is 5.92 Å². The molecule has 0 aliphatic carbocycles. The Kier molecular flexibility index (Phi) is 3.16. The van der Waals surface area contributed by atoms with Gasteiger partial charge in [0, 0.05) is 13.7 Å². The van der Waals surface area contributed by atoms with Crippen molar-refractivity contribution in [2.24, 2.45) is 5.92 Å². The number of hydrogen-bond donors (Lipinski definition) is 0. The van der Waals surface area contributed by atoms with Crippen LogP contribution in [0.4, 0.5) is 0 Å². The van der Waals surface area contributed by atoms with Crippen LogP contribution in [0.5, 0.6) is 0 Å². The molecule has 2 atom stereocenters. The molecule has 0 bridgehead atoms. The fraction of sp³-hybridized carbons (Fsp3) is 1.00. The van der Waals surface area contributed by atoms with E-state index in [4.69, 9.17) is 9.47 Å². The summed E-state index contributed by atoms with van der Waals surface area (Å²) < 4.78 is 10.5. The second kappa shape index (κ2) is 3.94. The van der Waals surface area contributed by atoms with Gasteiger partial charge in [0.15, 0.2) is 0 Å². The Bertz CT molecular complexity index is 93.3. The molecular formula is C8H16O2. The maximum absolute atomic E-state index is 5.47. The van der Waals surface area contributed by atoms with Crippen LogP contribution in [0.1, 0.15) is 19.8 Å². The molecule has 1 aliphatic rings. The van der Waals surface area contributed by atoms with Crippen molar-refractivity contribution in [3.05, 3.63) is 0 Å². The summed E-state index contributed by atoms with van der Waals surface area (Å²) in [6.07, 6.45) is 2.79. The Morgan fingerprint density at radius 2 is 2.40 bits per heavy atom. The van der Waals surface area contributed by atoms with Crippen molar-refractivity contribution in [1.29, 1.82) is 0 Å². The Labute approximate surface area is 62.5 Å².